The van der Waals surface area contributed by atoms with Gasteiger partial charge in [-0.3, -0.25) is 4.79 Å². The van der Waals surface area contributed by atoms with Gasteiger partial charge in [-0.2, -0.15) is 0 Å². The quantitative estimate of drug-likeness (QED) is 0.845. The number of rotatable bonds is 6. The van der Waals surface area contributed by atoms with Crippen molar-refractivity contribution in [3.63, 3.8) is 0 Å². The van der Waals surface area contributed by atoms with Crippen LogP contribution in [0.5, 0.6) is 0 Å². The maximum atomic E-state index is 12.1. The Morgan fingerprint density at radius 2 is 2.10 bits per heavy atom. The van der Waals surface area contributed by atoms with Crippen molar-refractivity contribution in [2.45, 2.75) is 39.0 Å². The van der Waals surface area contributed by atoms with Gasteiger partial charge in [0.1, 0.15) is 0 Å². The highest BCUT2D eigenvalue weighted by Gasteiger charge is 2.22. The number of piperidine rings is 1. The largest absolute Gasteiger partial charge is 0.355 e. The van der Waals surface area contributed by atoms with E-state index in [1.165, 1.54) is 18.4 Å². The van der Waals surface area contributed by atoms with Crippen LogP contribution in [0.25, 0.3) is 0 Å². The normalized spacial score (nSPS) is 21.5. The van der Waals surface area contributed by atoms with Gasteiger partial charge in [0.2, 0.25) is 5.91 Å². The molecule has 1 aromatic rings. The number of hydrogen-bond acceptors (Lipinski definition) is 2. The van der Waals surface area contributed by atoms with E-state index < -0.39 is 0 Å². The molecule has 2 N–H and O–H groups in total. The fourth-order valence-corrected chi connectivity index (χ4v) is 3.06. The van der Waals surface area contributed by atoms with Crippen molar-refractivity contribution in [1.82, 2.24) is 10.6 Å². The Morgan fingerprint density at radius 3 is 2.76 bits per heavy atom. The minimum Gasteiger partial charge on any atom is -0.355 e. The highest BCUT2D eigenvalue weighted by Crippen LogP contribution is 2.22. The molecule has 0 radical (unpaired) electrons. The minimum atomic E-state index is 0.191. The first-order chi connectivity index (χ1) is 10.2. The molecular weight excluding hydrogens is 260 g/mol. The highest BCUT2D eigenvalue weighted by atomic mass is 16.1. The molecule has 0 aliphatic carbocycles. The summed E-state index contributed by atoms with van der Waals surface area (Å²) in [5.74, 6) is 1.67. The van der Waals surface area contributed by atoms with Crippen LogP contribution in [0.15, 0.2) is 30.3 Å². The van der Waals surface area contributed by atoms with Crippen LogP contribution in [0.2, 0.25) is 0 Å². The first kappa shape index (κ1) is 16.0. The lowest BCUT2D eigenvalue weighted by atomic mass is 9.85. The van der Waals surface area contributed by atoms with E-state index in [9.17, 15) is 4.79 Å². The second-order valence-electron chi connectivity index (χ2n) is 6.40. The van der Waals surface area contributed by atoms with Gasteiger partial charge in [-0.1, -0.05) is 44.2 Å². The van der Waals surface area contributed by atoms with Crippen molar-refractivity contribution in [3.8, 4) is 0 Å². The summed E-state index contributed by atoms with van der Waals surface area (Å²) in [7, 11) is 0. The van der Waals surface area contributed by atoms with Crippen LogP contribution in [0.1, 0.15) is 44.6 Å². The summed E-state index contributed by atoms with van der Waals surface area (Å²) in [4.78, 5) is 12.1. The molecule has 0 aromatic heterocycles. The van der Waals surface area contributed by atoms with Crippen LogP contribution in [-0.2, 0) is 4.79 Å². The van der Waals surface area contributed by atoms with Crippen LogP contribution >= 0.6 is 0 Å². The van der Waals surface area contributed by atoms with Gasteiger partial charge in [-0.05, 0) is 49.2 Å². The van der Waals surface area contributed by atoms with E-state index in [1.807, 2.05) is 18.2 Å². The molecule has 1 amide bonds. The lowest BCUT2D eigenvalue weighted by molar-refractivity contribution is -0.122. The van der Waals surface area contributed by atoms with Crippen molar-refractivity contribution < 1.29 is 4.79 Å². The van der Waals surface area contributed by atoms with Crippen LogP contribution in [0, 0.1) is 11.8 Å². The van der Waals surface area contributed by atoms with Gasteiger partial charge in [0.05, 0.1) is 0 Å². The molecule has 1 saturated heterocycles. The van der Waals surface area contributed by atoms with Gasteiger partial charge in [-0.25, -0.2) is 0 Å². The fraction of sp³-hybridized carbons (Fsp3) is 0.611. The zero-order chi connectivity index (χ0) is 15.1. The summed E-state index contributed by atoms with van der Waals surface area (Å²) < 4.78 is 0. The van der Waals surface area contributed by atoms with Crippen LogP contribution < -0.4 is 10.6 Å². The average molecular weight is 288 g/mol. The summed E-state index contributed by atoms with van der Waals surface area (Å²) >= 11 is 0. The topological polar surface area (TPSA) is 41.1 Å². The zero-order valence-electron chi connectivity index (χ0n) is 13.3. The van der Waals surface area contributed by atoms with Gasteiger partial charge >= 0.3 is 0 Å². The number of benzene rings is 1. The van der Waals surface area contributed by atoms with E-state index in [-0.39, 0.29) is 5.91 Å². The molecule has 1 aromatic carbocycles. The number of amides is 1. The second-order valence-corrected chi connectivity index (χ2v) is 6.40. The molecule has 2 rings (SSSR count). The van der Waals surface area contributed by atoms with Crippen molar-refractivity contribution in [2.75, 3.05) is 19.6 Å². The van der Waals surface area contributed by atoms with E-state index in [4.69, 9.17) is 0 Å². The van der Waals surface area contributed by atoms with E-state index in [0.717, 1.165) is 19.6 Å². The summed E-state index contributed by atoms with van der Waals surface area (Å²) in [5.41, 5.74) is 1.28. The Morgan fingerprint density at radius 1 is 1.33 bits per heavy atom. The molecule has 1 heterocycles. The Balaban J connectivity index is 1.71. The number of carbonyl (C=O) groups is 1. The third-order valence-corrected chi connectivity index (χ3v) is 4.62. The highest BCUT2D eigenvalue weighted by molar-refractivity contribution is 5.76. The second kappa shape index (κ2) is 8.18. The maximum Gasteiger partial charge on any atom is 0.220 e. The third-order valence-electron chi connectivity index (χ3n) is 4.62. The summed E-state index contributed by atoms with van der Waals surface area (Å²) in [6, 6.07) is 10.4. The molecule has 0 bridgehead atoms. The van der Waals surface area contributed by atoms with Crippen molar-refractivity contribution in [1.29, 1.82) is 0 Å². The molecule has 3 unspecified atom stereocenters. The Labute approximate surface area is 128 Å². The predicted octanol–water partition coefficient (Wildman–Crippen LogP) is 2.93. The first-order valence-electron chi connectivity index (χ1n) is 8.19. The molecule has 3 heteroatoms. The number of hydrogen-bond donors (Lipinski definition) is 2. The van der Waals surface area contributed by atoms with Crippen molar-refractivity contribution in [2.24, 2.45) is 11.8 Å². The summed E-state index contributed by atoms with van der Waals surface area (Å²) in [6.45, 7) is 7.28. The van der Waals surface area contributed by atoms with Gasteiger partial charge in [0, 0.05) is 13.0 Å². The van der Waals surface area contributed by atoms with Crippen molar-refractivity contribution >= 4 is 5.91 Å². The van der Waals surface area contributed by atoms with E-state index in [0.29, 0.717) is 24.2 Å². The summed E-state index contributed by atoms with van der Waals surface area (Å²) in [6.07, 6.45) is 3.14. The van der Waals surface area contributed by atoms with E-state index in [2.05, 4.69) is 36.6 Å². The maximum absolute atomic E-state index is 12.1. The van der Waals surface area contributed by atoms with Gasteiger partial charge < -0.3 is 10.6 Å². The molecule has 1 aliphatic rings. The molecule has 1 aliphatic heterocycles. The zero-order valence-corrected chi connectivity index (χ0v) is 13.3. The molecule has 0 spiro atoms. The van der Waals surface area contributed by atoms with Gasteiger partial charge in [-0.15, -0.1) is 0 Å². The fourth-order valence-electron chi connectivity index (χ4n) is 3.06. The number of nitrogens with one attached hydrogen (secondary N) is 2. The van der Waals surface area contributed by atoms with Gasteiger partial charge in [0.15, 0.2) is 0 Å². The predicted molar refractivity (Wildman–Crippen MR) is 87.2 cm³/mol. The third kappa shape index (κ3) is 5.16. The standard InChI is InChI=1S/C18H28N2O/c1-14(17-9-6-10-19-13-17)11-18(21)20-12-15(2)16-7-4-3-5-8-16/h3-5,7-8,14-15,17,19H,6,9-13H2,1-2H3,(H,20,21). The molecular formula is C18H28N2O. The first-order valence-corrected chi connectivity index (χ1v) is 8.19. The molecule has 1 fully saturated rings. The Kier molecular flexibility index (Phi) is 6.24. The monoisotopic (exact) mass is 288 g/mol. The number of carbonyl (C=O) groups excluding carboxylic acids is 1. The van der Waals surface area contributed by atoms with E-state index >= 15 is 0 Å². The molecule has 3 atom stereocenters. The lowest BCUT2D eigenvalue weighted by Gasteiger charge is -2.28. The van der Waals surface area contributed by atoms with Crippen LogP contribution in [0.4, 0.5) is 0 Å². The van der Waals surface area contributed by atoms with Crippen LogP contribution in [0.3, 0.4) is 0 Å². The van der Waals surface area contributed by atoms with Crippen LogP contribution in [-0.4, -0.2) is 25.5 Å². The smallest absolute Gasteiger partial charge is 0.220 e. The Hall–Kier alpha value is -1.35. The Bertz CT molecular complexity index is 426. The lowest BCUT2D eigenvalue weighted by Crippen LogP contribution is -2.36. The molecule has 21 heavy (non-hydrogen) atoms. The molecule has 0 saturated carbocycles. The van der Waals surface area contributed by atoms with Gasteiger partial charge in [0.25, 0.3) is 0 Å². The van der Waals surface area contributed by atoms with Crippen molar-refractivity contribution in [3.05, 3.63) is 35.9 Å². The molecule has 116 valence electrons. The van der Waals surface area contributed by atoms with E-state index in [1.54, 1.807) is 0 Å². The minimum absolute atomic E-state index is 0.191. The SMILES string of the molecule is CC(CNC(=O)CC(C)C1CCCNC1)c1ccccc1. The molecule has 3 nitrogen and oxygen atoms in total. The average Bonchev–Trinajstić information content (AvgIpc) is 2.54. The summed E-state index contributed by atoms with van der Waals surface area (Å²) in [5, 5.41) is 6.52.